The normalized spacial score (nSPS) is 9.39. The largest absolute Gasteiger partial charge is 0.458 e. The second-order valence-electron chi connectivity index (χ2n) is 4.23. The molecule has 1 rings (SSSR count). The smallest absolute Gasteiger partial charge is 0.335 e. The van der Waals surface area contributed by atoms with Crippen molar-refractivity contribution in [2.45, 2.75) is 13.2 Å². The lowest BCUT2D eigenvalue weighted by molar-refractivity contribution is -0.139. The van der Waals surface area contributed by atoms with Crippen LogP contribution in [0.15, 0.2) is 56.2 Å². The van der Waals surface area contributed by atoms with Gasteiger partial charge in [-0.1, -0.05) is 19.7 Å². The van der Waals surface area contributed by atoms with E-state index in [2.05, 4.69) is 19.7 Å². The molecule has 0 aromatic heterocycles. The predicted molar refractivity (Wildman–Crippen MR) is 82.3 cm³/mol. The molecule has 1 aromatic carbocycles. The van der Waals surface area contributed by atoms with Crippen LogP contribution in [-0.4, -0.2) is 17.9 Å². The Bertz CT molecular complexity index is 602. The zero-order chi connectivity index (χ0) is 17.2. The van der Waals surface area contributed by atoms with E-state index < -0.39 is 17.9 Å². The van der Waals surface area contributed by atoms with Gasteiger partial charge >= 0.3 is 17.9 Å². The highest BCUT2D eigenvalue weighted by Gasteiger charge is 2.08. The number of esters is 3. The van der Waals surface area contributed by atoms with Gasteiger partial charge in [0.05, 0.1) is 0 Å². The minimum Gasteiger partial charge on any atom is -0.458 e. The Kier molecular flexibility index (Phi) is 7.00. The lowest BCUT2D eigenvalue weighted by atomic mass is 10.1. The molecule has 0 amide bonds. The maximum absolute atomic E-state index is 11.3. The number of carbonyl (C=O) groups excluding carboxylic acids is 3. The first-order valence-electron chi connectivity index (χ1n) is 6.54. The second-order valence-corrected chi connectivity index (χ2v) is 4.23. The number of ether oxygens (including phenoxy) is 3. The van der Waals surface area contributed by atoms with Crippen LogP contribution in [0.5, 0.6) is 5.75 Å². The quantitative estimate of drug-likeness (QED) is 0.416. The van der Waals surface area contributed by atoms with Gasteiger partial charge in [0.1, 0.15) is 19.0 Å². The molecule has 0 saturated carbocycles. The summed E-state index contributed by atoms with van der Waals surface area (Å²) in [6.07, 6.45) is 3.09. The second kappa shape index (κ2) is 8.99. The topological polar surface area (TPSA) is 78.9 Å². The van der Waals surface area contributed by atoms with Gasteiger partial charge in [-0.3, -0.25) is 0 Å². The molecule has 0 bridgehead atoms. The van der Waals surface area contributed by atoms with Crippen LogP contribution in [0, 0.1) is 0 Å². The molecule has 120 valence electrons. The van der Waals surface area contributed by atoms with Crippen LogP contribution in [0.4, 0.5) is 0 Å². The molecule has 0 atom stereocenters. The van der Waals surface area contributed by atoms with Gasteiger partial charge in [0, 0.05) is 18.2 Å². The van der Waals surface area contributed by atoms with Gasteiger partial charge in [0.25, 0.3) is 0 Å². The van der Waals surface area contributed by atoms with Crippen LogP contribution >= 0.6 is 0 Å². The monoisotopic (exact) mass is 316 g/mol. The van der Waals surface area contributed by atoms with E-state index >= 15 is 0 Å². The van der Waals surface area contributed by atoms with Crippen molar-refractivity contribution < 1.29 is 28.6 Å². The summed E-state index contributed by atoms with van der Waals surface area (Å²) in [6, 6.07) is 4.70. The number of benzene rings is 1. The highest BCUT2D eigenvalue weighted by atomic mass is 16.5. The van der Waals surface area contributed by atoms with E-state index in [1.54, 1.807) is 6.07 Å². The Morgan fingerprint density at radius 1 is 0.783 bits per heavy atom. The molecule has 0 aliphatic rings. The Hall–Kier alpha value is -3.15. The fraction of sp³-hybridized carbons (Fsp3) is 0.118. The molecule has 23 heavy (non-hydrogen) atoms. The maximum Gasteiger partial charge on any atom is 0.335 e. The molecule has 0 spiro atoms. The maximum atomic E-state index is 11.3. The predicted octanol–water partition coefficient (Wildman–Crippen LogP) is 2.24. The molecule has 6 heteroatoms. The van der Waals surface area contributed by atoms with Crippen molar-refractivity contribution in [1.82, 2.24) is 0 Å². The molecule has 0 aliphatic heterocycles. The van der Waals surface area contributed by atoms with Gasteiger partial charge < -0.3 is 14.2 Å². The van der Waals surface area contributed by atoms with E-state index in [9.17, 15) is 14.4 Å². The standard InChI is InChI=1S/C17H16O6/c1-4-15(18)21-10-12-7-13(11-22-16(19)5-2)9-14(8-12)23-17(20)6-3/h4-9H,1-3,10-11H2. The summed E-state index contributed by atoms with van der Waals surface area (Å²) < 4.78 is 14.9. The Morgan fingerprint density at radius 3 is 1.61 bits per heavy atom. The number of rotatable bonds is 8. The van der Waals surface area contributed by atoms with Crippen LogP contribution in [0.3, 0.4) is 0 Å². The Balaban J connectivity index is 2.95. The fourth-order valence-electron chi connectivity index (χ4n) is 1.54. The number of hydrogen-bond acceptors (Lipinski definition) is 6. The molecule has 0 N–H and O–H groups in total. The van der Waals surface area contributed by atoms with Crippen molar-refractivity contribution in [2.75, 3.05) is 0 Å². The summed E-state index contributed by atoms with van der Waals surface area (Å²) in [6.45, 7) is 9.80. The van der Waals surface area contributed by atoms with E-state index in [1.807, 2.05) is 0 Å². The number of carbonyl (C=O) groups is 3. The van der Waals surface area contributed by atoms with Crippen LogP contribution in [0.25, 0.3) is 0 Å². The zero-order valence-electron chi connectivity index (χ0n) is 12.4. The average molecular weight is 316 g/mol. The van der Waals surface area contributed by atoms with Crippen molar-refractivity contribution in [2.24, 2.45) is 0 Å². The van der Waals surface area contributed by atoms with Crippen molar-refractivity contribution in [3.05, 3.63) is 67.3 Å². The molecule has 0 heterocycles. The summed E-state index contributed by atoms with van der Waals surface area (Å²) >= 11 is 0. The molecular formula is C17H16O6. The summed E-state index contributed by atoms with van der Waals surface area (Å²) in [4.78, 5) is 33.5. The summed E-state index contributed by atoms with van der Waals surface area (Å²) in [5.41, 5.74) is 1.11. The number of hydrogen-bond donors (Lipinski definition) is 0. The molecule has 0 aliphatic carbocycles. The molecule has 0 saturated heterocycles. The van der Waals surface area contributed by atoms with E-state index in [0.29, 0.717) is 11.1 Å². The average Bonchev–Trinajstić information content (AvgIpc) is 2.57. The lowest BCUT2D eigenvalue weighted by Gasteiger charge is -2.10. The first kappa shape index (κ1) is 17.9. The summed E-state index contributed by atoms with van der Waals surface area (Å²) in [7, 11) is 0. The van der Waals surface area contributed by atoms with E-state index in [-0.39, 0.29) is 19.0 Å². The van der Waals surface area contributed by atoms with Crippen molar-refractivity contribution in [1.29, 1.82) is 0 Å². The molecule has 0 fully saturated rings. The van der Waals surface area contributed by atoms with E-state index in [0.717, 1.165) is 18.2 Å². The van der Waals surface area contributed by atoms with Gasteiger partial charge in [-0.15, -0.1) is 0 Å². The van der Waals surface area contributed by atoms with Crippen LogP contribution in [0.1, 0.15) is 11.1 Å². The first-order chi connectivity index (χ1) is 11.0. The third-order valence-electron chi connectivity index (χ3n) is 2.51. The third kappa shape index (κ3) is 6.43. The minimum absolute atomic E-state index is 0.0489. The van der Waals surface area contributed by atoms with Crippen LogP contribution < -0.4 is 4.74 Å². The van der Waals surface area contributed by atoms with Crippen LogP contribution in [0.2, 0.25) is 0 Å². The van der Waals surface area contributed by atoms with Gasteiger partial charge in [0.2, 0.25) is 0 Å². The minimum atomic E-state index is -0.640. The molecule has 0 radical (unpaired) electrons. The summed E-state index contributed by atoms with van der Waals surface area (Å²) in [5.74, 6) is -1.60. The Morgan fingerprint density at radius 2 is 1.22 bits per heavy atom. The van der Waals surface area contributed by atoms with Crippen LogP contribution in [-0.2, 0) is 37.1 Å². The van der Waals surface area contributed by atoms with Gasteiger partial charge in [0.15, 0.2) is 0 Å². The van der Waals surface area contributed by atoms with E-state index in [1.165, 1.54) is 12.1 Å². The zero-order valence-corrected chi connectivity index (χ0v) is 12.4. The highest BCUT2D eigenvalue weighted by Crippen LogP contribution is 2.19. The van der Waals surface area contributed by atoms with Gasteiger partial charge in [-0.2, -0.15) is 0 Å². The molecule has 0 unspecified atom stereocenters. The van der Waals surface area contributed by atoms with Crippen molar-refractivity contribution in [3.8, 4) is 5.75 Å². The Labute approximate surface area is 133 Å². The molecular weight excluding hydrogens is 300 g/mol. The fourth-order valence-corrected chi connectivity index (χ4v) is 1.54. The third-order valence-corrected chi connectivity index (χ3v) is 2.51. The van der Waals surface area contributed by atoms with Crippen molar-refractivity contribution in [3.63, 3.8) is 0 Å². The summed E-state index contributed by atoms with van der Waals surface area (Å²) in [5, 5.41) is 0. The van der Waals surface area contributed by atoms with E-state index in [4.69, 9.17) is 14.2 Å². The van der Waals surface area contributed by atoms with Gasteiger partial charge in [-0.05, 0) is 29.3 Å². The van der Waals surface area contributed by atoms with Gasteiger partial charge in [-0.25, -0.2) is 14.4 Å². The SMILES string of the molecule is C=CC(=O)OCc1cc(COC(=O)C=C)cc(OC(=O)C=C)c1. The first-order valence-corrected chi connectivity index (χ1v) is 6.54. The highest BCUT2D eigenvalue weighted by molar-refractivity contribution is 5.83. The lowest BCUT2D eigenvalue weighted by Crippen LogP contribution is -2.07. The molecule has 1 aromatic rings. The molecule has 6 nitrogen and oxygen atoms in total. The van der Waals surface area contributed by atoms with Crippen molar-refractivity contribution >= 4 is 17.9 Å².